The first-order valence-electron chi connectivity index (χ1n) is 3.97. The third kappa shape index (κ3) is 1.95. The van der Waals surface area contributed by atoms with E-state index >= 15 is 0 Å². The Kier molecular flexibility index (Phi) is 3.45. The first-order chi connectivity index (χ1) is 7.52. The zero-order valence-corrected chi connectivity index (χ0v) is 8.00. The SMILES string of the molecule is COC(=O)c1c(C#N)cnc(C(F)F)c1F. The summed E-state index contributed by atoms with van der Waals surface area (Å²) in [7, 11) is 0.950. The number of esters is 1. The predicted molar refractivity (Wildman–Crippen MR) is 45.2 cm³/mol. The number of carbonyl (C=O) groups excluding carboxylic acids is 1. The maximum Gasteiger partial charge on any atom is 0.342 e. The van der Waals surface area contributed by atoms with Crippen molar-refractivity contribution >= 4 is 5.97 Å². The van der Waals surface area contributed by atoms with Gasteiger partial charge in [-0.25, -0.2) is 18.0 Å². The summed E-state index contributed by atoms with van der Waals surface area (Å²) in [6, 6.07) is 1.47. The van der Waals surface area contributed by atoms with Crippen molar-refractivity contribution in [2.24, 2.45) is 0 Å². The highest BCUT2D eigenvalue weighted by atomic mass is 19.3. The van der Waals surface area contributed by atoms with E-state index in [1.807, 2.05) is 0 Å². The Hall–Kier alpha value is -2.10. The van der Waals surface area contributed by atoms with Gasteiger partial charge in [-0.2, -0.15) is 5.26 Å². The molecule has 0 unspecified atom stereocenters. The van der Waals surface area contributed by atoms with Crippen LogP contribution in [-0.2, 0) is 4.74 Å². The summed E-state index contributed by atoms with van der Waals surface area (Å²) in [6.07, 6.45) is -2.47. The fraction of sp³-hybridized carbons (Fsp3) is 0.222. The van der Waals surface area contributed by atoms with Crippen LogP contribution in [0.3, 0.4) is 0 Å². The third-order valence-electron chi connectivity index (χ3n) is 1.76. The zero-order chi connectivity index (χ0) is 12.3. The molecule has 0 spiro atoms. The number of methoxy groups -OCH3 is 1. The van der Waals surface area contributed by atoms with E-state index in [1.54, 1.807) is 0 Å². The molecule has 4 nitrogen and oxygen atoms in total. The molecule has 0 radical (unpaired) electrons. The second-order valence-electron chi connectivity index (χ2n) is 2.65. The Morgan fingerprint density at radius 2 is 2.25 bits per heavy atom. The topological polar surface area (TPSA) is 63.0 Å². The molecule has 0 fully saturated rings. The Balaban J connectivity index is 3.48. The molecule has 16 heavy (non-hydrogen) atoms. The molecule has 1 heterocycles. The number of hydrogen-bond acceptors (Lipinski definition) is 4. The monoisotopic (exact) mass is 230 g/mol. The predicted octanol–water partition coefficient (Wildman–Crippen LogP) is 1.82. The summed E-state index contributed by atoms with van der Waals surface area (Å²) in [4.78, 5) is 14.2. The van der Waals surface area contributed by atoms with Gasteiger partial charge in [0, 0.05) is 6.20 Å². The minimum Gasteiger partial charge on any atom is -0.465 e. The Bertz CT molecular complexity index is 469. The molecule has 0 bridgehead atoms. The molecule has 0 atom stereocenters. The lowest BCUT2D eigenvalue weighted by molar-refractivity contribution is 0.0593. The fourth-order valence-corrected chi connectivity index (χ4v) is 1.04. The standard InChI is InChI=1S/C9H5F3N2O2/c1-16-9(15)5-4(2-13)3-14-7(6(5)10)8(11)12/h3,8H,1H3. The van der Waals surface area contributed by atoms with Crippen molar-refractivity contribution in [2.45, 2.75) is 6.43 Å². The number of halogens is 3. The molecule has 0 amide bonds. The van der Waals surface area contributed by atoms with Gasteiger partial charge in [-0.3, -0.25) is 4.98 Å². The zero-order valence-electron chi connectivity index (χ0n) is 8.00. The van der Waals surface area contributed by atoms with Gasteiger partial charge in [0.15, 0.2) is 5.82 Å². The largest absolute Gasteiger partial charge is 0.465 e. The lowest BCUT2D eigenvalue weighted by Crippen LogP contribution is -2.11. The number of aromatic nitrogens is 1. The maximum absolute atomic E-state index is 13.4. The van der Waals surface area contributed by atoms with Crippen LogP contribution in [0.15, 0.2) is 6.20 Å². The average molecular weight is 230 g/mol. The average Bonchev–Trinajstić information content (AvgIpc) is 2.26. The molecule has 0 aromatic carbocycles. The van der Waals surface area contributed by atoms with Crippen molar-refractivity contribution < 1.29 is 22.7 Å². The van der Waals surface area contributed by atoms with Crippen LogP contribution in [0.4, 0.5) is 13.2 Å². The molecule has 1 aromatic heterocycles. The number of carbonyl (C=O) groups is 1. The summed E-state index contributed by atoms with van der Waals surface area (Å²) in [5.41, 5.74) is -2.46. The highest BCUT2D eigenvalue weighted by Gasteiger charge is 2.25. The lowest BCUT2D eigenvalue weighted by Gasteiger charge is -2.06. The summed E-state index contributed by atoms with van der Waals surface area (Å²) >= 11 is 0. The number of rotatable bonds is 2. The molecule has 1 rings (SSSR count). The number of pyridine rings is 1. The van der Waals surface area contributed by atoms with Crippen LogP contribution in [0.2, 0.25) is 0 Å². The van der Waals surface area contributed by atoms with Gasteiger partial charge in [-0.15, -0.1) is 0 Å². The van der Waals surface area contributed by atoms with Crippen LogP contribution in [0, 0.1) is 17.1 Å². The molecule has 0 N–H and O–H groups in total. The van der Waals surface area contributed by atoms with E-state index in [-0.39, 0.29) is 0 Å². The van der Waals surface area contributed by atoms with Crippen molar-refractivity contribution in [3.63, 3.8) is 0 Å². The van der Waals surface area contributed by atoms with Crippen LogP contribution in [0.5, 0.6) is 0 Å². The van der Waals surface area contributed by atoms with Gasteiger partial charge in [-0.05, 0) is 0 Å². The van der Waals surface area contributed by atoms with Crippen molar-refractivity contribution in [1.29, 1.82) is 5.26 Å². The summed E-state index contributed by atoms with van der Waals surface area (Å²) in [5, 5.41) is 8.56. The van der Waals surface area contributed by atoms with E-state index in [4.69, 9.17) is 5.26 Å². The number of alkyl halides is 2. The first kappa shape index (κ1) is 12.0. The quantitative estimate of drug-likeness (QED) is 0.727. The maximum atomic E-state index is 13.4. The second kappa shape index (κ2) is 4.61. The summed E-state index contributed by atoms with van der Waals surface area (Å²) < 4.78 is 42.2. The van der Waals surface area contributed by atoms with E-state index in [2.05, 4.69) is 9.72 Å². The minimum atomic E-state index is -3.17. The van der Waals surface area contributed by atoms with Gasteiger partial charge in [0.25, 0.3) is 6.43 Å². The molecule has 0 saturated heterocycles. The number of hydrogen-bond donors (Lipinski definition) is 0. The molecular formula is C9H5F3N2O2. The smallest absolute Gasteiger partial charge is 0.342 e. The molecule has 0 aliphatic rings. The van der Waals surface area contributed by atoms with E-state index < -0.39 is 35.0 Å². The molecular weight excluding hydrogens is 225 g/mol. The Labute approximate surface area is 88.3 Å². The van der Waals surface area contributed by atoms with Crippen LogP contribution in [0.1, 0.15) is 28.0 Å². The molecule has 84 valence electrons. The molecule has 0 aliphatic heterocycles. The van der Waals surface area contributed by atoms with Crippen LogP contribution >= 0.6 is 0 Å². The van der Waals surface area contributed by atoms with Gasteiger partial charge in [0.05, 0.1) is 12.7 Å². The van der Waals surface area contributed by atoms with E-state index in [0.717, 1.165) is 7.11 Å². The third-order valence-corrected chi connectivity index (χ3v) is 1.76. The number of nitriles is 1. The van der Waals surface area contributed by atoms with Crippen molar-refractivity contribution in [1.82, 2.24) is 4.98 Å². The Morgan fingerprint density at radius 1 is 1.62 bits per heavy atom. The highest BCUT2D eigenvalue weighted by molar-refractivity contribution is 5.92. The normalized spacial score (nSPS) is 10.0. The number of ether oxygens (including phenoxy) is 1. The van der Waals surface area contributed by atoms with Crippen LogP contribution in [-0.4, -0.2) is 18.1 Å². The van der Waals surface area contributed by atoms with Gasteiger partial charge < -0.3 is 4.74 Å². The van der Waals surface area contributed by atoms with Gasteiger partial charge in [-0.1, -0.05) is 0 Å². The van der Waals surface area contributed by atoms with E-state index in [0.29, 0.717) is 6.20 Å². The van der Waals surface area contributed by atoms with Crippen LogP contribution < -0.4 is 0 Å². The van der Waals surface area contributed by atoms with E-state index in [9.17, 15) is 18.0 Å². The summed E-state index contributed by atoms with van der Waals surface area (Å²) in [5.74, 6) is -2.72. The van der Waals surface area contributed by atoms with Gasteiger partial charge in [0.2, 0.25) is 0 Å². The van der Waals surface area contributed by atoms with Crippen molar-refractivity contribution in [3.8, 4) is 6.07 Å². The summed E-state index contributed by atoms with van der Waals surface area (Å²) in [6.45, 7) is 0. The second-order valence-corrected chi connectivity index (χ2v) is 2.65. The molecule has 0 aliphatic carbocycles. The van der Waals surface area contributed by atoms with Crippen molar-refractivity contribution in [3.05, 3.63) is 28.8 Å². The van der Waals surface area contributed by atoms with E-state index in [1.165, 1.54) is 6.07 Å². The number of nitrogens with zero attached hydrogens (tertiary/aromatic N) is 2. The van der Waals surface area contributed by atoms with Crippen LogP contribution in [0.25, 0.3) is 0 Å². The molecule has 1 aromatic rings. The van der Waals surface area contributed by atoms with Crippen molar-refractivity contribution in [2.75, 3.05) is 7.11 Å². The molecule has 0 saturated carbocycles. The Morgan fingerprint density at radius 3 is 2.69 bits per heavy atom. The molecule has 7 heteroatoms. The van der Waals surface area contributed by atoms with Gasteiger partial charge >= 0.3 is 5.97 Å². The fourth-order valence-electron chi connectivity index (χ4n) is 1.04. The minimum absolute atomic E-state index is 0.450. The van der Waals surface area contributed by atoms with Gasteiger partial charge in [0.1, 0.15) is 17.3 Å². The first-order valence-corrected chi connectivity index (χ1v) is 3.97. The lowest BCUT2D eigenvalue weighted by atomic mass is 10.1. The highest BCUT2D eigenvalue weighted by Crippen LogP contribution is 2.24.